The molecule has 2 N–H and O–H groups in total. The zero-order valence-electron chi connectivity index (χ0n) is 11.4. The van der Waals surface area contributed by atoms with Gasteiger partial charge in [-0.2, -0.15) is 4.98 Å². The summed E-state index contributed by atoms with van der Waals surface area (Å²) in [7, 11) is 0. The molecular formula is C12H19N5O2. The number of hydrogen-bond donors (Lipinski definition) is 2. The van der Waals surface area contributed by atoms with E-state index >= 15 is 0 Å². The molecule has 1 aromatic heterocycles. The summed E-state index contributed by atoms with van der Waals surface area (Å²) >= 11 is 0. The van der Waals surface area contributed by atoms with Crippen LogP contribution >= 0.6 is 0 Å². The van der Waals surface area contributed by atoms with Crippen LogP contribution in [0.1, 0.15) is 32.4 Å². The number of hydrogen-bond acceptors (Lipinski definition) is 6. The molecule has 0 aromatic carbocycles. The Kier molecular flexibility index (Phi) is 3.82. The molecule has 0 aliphatic heterocycles. The van der Waals surface area contributed by atoms with Crippen molar-refractivity contribution in [3.63, 3.8) is 0 Å². The Hall–Kier alpha value is -1.92. The first-order valence-corrected chi connectivity index (χ1v) is 6.56. The molecule has 7 heteroatoms. The summed E-state index contributed by atoms with van der Waals surface area (Å²) in [6.07, 6.45) is 2.35. The quantitative estimate of drug-likeness (QED) is 0.605. The molecule has 1 aliphatic rings. The topological polar surface area (TPSA) is 93.0 Å². The number of nitrogens with zero attached hydrogens (tertiary/aromatic N) is 3. The molecule has 1 unspecified atom stereocenters. The van der Waals surface area contributed by atoms with Gasteiger partial charge >= 0.3 is 5.69 Å². The van der Waals surface area contributed by atoms with Gasteiger partial charge in [-0.05, 0) is 39.5 Å². The van der Waals surface area contributed by atoms with Crippen molar-refractivity contribution in [2.45, 2.75) is 39.7 Å². The summed E-state index contributed by atoms with van der Waals surface area (Å²) in [4.78, 5) is 19.0. The van der Waals surface area contributed by atoms with Gasteiger partial charge in [-0.1, -0.05) is 0 Å². The van der Waals surface area contributed by atoms with E-state index in [2.05, 4.69) is 20.6 Å². The smallest absolute Gasteiger partial charge is 0.332 e. The van der Waals surface area contributed by atoms with Gasteiger partial charge in [0.05, 0.1) is 4.92 Å². The largest absolute Gasteiger partial charge is 0.361 e. The van der Waals surface area contributed by atoms with Gasteiger partial charge in [0.15, 0.2) is 0 Å². The Morgan fingerprint density at radius 1 is 1.47 bits per heavy atom. The molecule has 0 amide bonds. The van der Waals surface area contributed by atoms with Crippen LogP contribution in [0.4, 0.5) is 17.5 Å². The van der Waals surface area contributed by atoms with Crippen LogP contribution in [-0.2, 0) is 0 Å². The molecule has 2 rings (SSSR count). The van der Waals surface area contributed by atoms with Crippen molar-refractivity contribution >= 4 is 17.5 Å². The fraction of sp³-hybridized carbons (Fsp3) is 0.667. The van der Waals surface area contributed by atoms with Gasteiger partial charge in [-0.15, -0.1) is 0 Å². The van der Waals surface area contributed by atoms with E-state index in [4.69, 9.17) is 0 Å². The SMILES string of the molecule is CCNc1nc(C)c([N+](=O)[O-])c(NC(C)C2CC2)n1. The Morgan fingerprint density at radius 2 is 2.16 bits per heavy atom. The Labute approximate surface area is 112 Å². The van der Waals surface area contributed by atoms with Crippen LogP contribution in [0.2, 0.25) is 0 Å². The first-order chi connectivity index (χ1) is 9.02. The van der Waals surface area contributed by atoms with Crippen molar-refractivity contribution < 1.29 is 4.92 Å². The van der Waals surface area contributed by atoms with Crippen LogP contribution in [0.3, 0.4) is 0 Å². The molecule has 104 valence electrons. The van der Waals surface area contributed by atoms with Crippen LogP contribution in [0.5, 0.6) is 0 Å². The van der Waals surface area contributed by atoms with E-state index in [1.54, 1.807) is 6.92 Å². The molecule has 7 nitrogen and oxygen atoms in total. The molecule has 0 spiro atoms. The van der Waals surface area contributed by atoms with Crippen LogP contribution in [0, 0.1) is 23.0 Å². The summed E-state index contributed by atoms with van der Waals surface area (Å²) in [6.45, 7) is 6.27. The third kappa shape index (κ3) is 3.10. The molecule has 0 saturated heterocycles. The van der Waals surface area contributed by atoms with Crippen molar-refractivity contribution in [2.75, 3.05) is 17.2 Å². The van der Waals surface area contributed by atoms with Crippen molar-refractivity contribution in [3.8, 4) is 0 Å². The van der Waals surface area contributed by atoms with E-state index in [1.165, 1.54) is 12.8 Å². The number of nitro groups is 1. The van der Waals surface area contributed by atoms with Gasteiger partial charge in [0.1, 0.15) is 5.69 Å². The maximum Gasteiger partial charge on any atom is 0.332 e. The lowest BCUT2D eigenvalue weighted by molar-refractivity contribution is -0.385. The molecule has 1 fully saturated rings. The lowest BCUT2D eigenvalue weighted by atomic mass is 10.2. The van der Waals surface area contributed by atoms with E-state index in [0.717, 1.165) is 0 Å². The third-order valence-corrected chi connectivity index (χ3v) is 3.27. The summed E-state index contributed by atoms with van der Waals surface area (Å²) < 4.78 is 0. The predicted octanol–water partition coefficient (Wildman–Crippen LogP) is 2.34. The average molecular weight is 265 g/mol. The minimum absolute atomic E-state index is 0.0332. The molecule has 1 aromatic rings. The molecule has 1 saturated carbocycles. The highest BCUT2D eigenvalue weighted by atomic mass is 16.6. The number of aryl methyl sites for hydroxylation is 1. The van der Waals surface area contributed by atoms with E-state index < -0.39 is 4.92 Å². The lowest BCUT2D eigenvalue weighted by Gasteiger charge is -2.15. The zero-order chi connectivity index (χ0) is 14.0. The van der Waals surface area contributed by atoms with Crippen LogP contribution in [0.15, 0.2) is 0 Å². The minimum atomic E-state index is -0.424. The second kappa shape index (κ2) is 5.38. The normalized spacial score (nSPS) is 15.9. The molecule has 19 heavy (non-hydrogen) atoms. The second-order valence-corrected chi connectivity index (χ2v) is 4.89. The van der Waals surface area contributed by atoms with Gasteiger partial charge in [0.25, 0.3) is 0 Å². The summed E-state index contributed by atoms with van der Waals surface area (Å²) in [5, 5.41) is 17.3. The van der Waals surface area contributed by atoms with Crippen LogP contribution < -0.4 is 10.6 Å². The highest BCUT2D eigenvalue weighted by molar-refractivity contribution is 5.61. The minimum Gasteiger partial charge on any atom is -0.361 e. The predicted molar refractivity (Wildman–Crippen MR) is 73.4 cm³/mol. The fourth-order valence-electron chi connectivity index (χ4n) is 2.05. The van der Waals surface area contributed by atoms with E-state index in [0.29, 0.717) is 29.9 Å². The molecular weight excluding hydrogens is 246 g/mol. The van der Waals surface area contributed by atoms with Crippen LogP contribution in [-0.4, -0.2) is 27.5 Å². The Balaban J connectivity index is 2.32. The van der Waals surface area contributed by atoms with Gasteiger partial charge < -0.3 is 10.6 Å². The van der Waals surface area contributed by atoms with Gasteiger partial charge in [0, 0.05) is 12.6 Å². The van der Waals surface area contributed by atoms with Crippen LogP contribution in [0.25, 0.3) is 0 Å². The summed E-state index contributed by atoms with van der Waals surface area (Å²) in [6, 6.07) is 0.197. The van der Waals surface area contributed by atoms with E-state index in [-0.39, 0.29) is 11.7 Å². The fourth-order valence-corrected chi connectivity index (χ4v) is 2.05. The summed E-state index contributed by atoms with van der Waals surface area (Å²) in [5.41, 5.74) is 0.343. The Morgan fingerprint density at radius 3 is 2.68 bits per heavy atom. The monoisotopic (exact) mass is 265 g/mol. The standard InChI is InChI=1S/C12H19N5O2/c1-4-13-12-15-8(3)10(17(18)19)11(16-12)14-7(2)9-5-6-9/h7,9H,4-6H2,1-3H3,(H2,13,14,15,16). The number of rotatable bonds is 6. The first-order valence-electron chi connectivity index (χ1n) is 6.56. The number of nitrogens with one attached hydrogen (secondary N) is 2. The maximum atomic E-state index is 11.1. The highest BCUT2D eigenvalue weighted by Gasteiger charge is 2.31. The van der Waals surface area contributed by atoms with Crippen molar-refractivity contribution in [2.24, 2.45) is 5.92 Å². The third-order valence-electron chi connectivity index (χ3n) is 3.27. The molecule has 0 bridgehead atoms. The lowest BCUT2D eigenvalue weighted by Crippen LogP contribution is -2.20. The van der Waals surface area contributed by atoms with Crippen molar-refractivity contribution in [1.29, 1.82) is 0 Å². The van der Waals surface area contributed by atoms with Gasteiger partial charge in [-0.25, -0.2) is 4.98 Å². The molecule has 0 radical (unpaired) electrons. The average Bonchev–Trinajstić information content (AvgIpc) is 3.11. The molecule has 1 atom stereocenters. The van der Waals surface area contributed by atoms with Gasteiger partial charge in [-0.3, -0.25) is 10.1 Å². The highest BCUT2D eigenvalue weighted by Crippen LogP contribution is 2.35. The Bertz CT molecular complexity index is 487. The maximum absolute atomic E-state index is 11.1. The molecule has 1 aliphatic carbocycles. The van der Waals surface area contributed by atoms with E-state index in [1.807, 2.05) is 13.8 Å². The zero-order valence-corrected chi connectivity index (χ0v) is 11.4. The van der Waals surface area contributed by atoms with Crippen molar-refractivity contribution in [3.05, 3.63) is 15.8 Å². The first kappa shape index (κ1) is 13.5. The second-order valence-electron chi connectivity index (χ2n) is 4.89. The summed E-state index contributed by atoms with van der Waals surface area (Å²) in [5.74, 6) is 1.33. The number of anilines is 2. The van der Waals surface area contributed by atoms with E-state index in [9.17, 15) is 10.1 Å². The molecule has 1 heterocycles. The number of aromatic nitrogens is 2. The van der Waals surface area contributed by atoms with Gasteiger partial charge in [0.2, 0.25) is 11.8 Å². The van der Waals surface area contributed by atoms with Crippen molar-refractivity contribution in [1.82, 2.24) is 9.97 Å².